The van der Waals surface area contributed by atoms with Gasteiger partial charge in [0.15, 0.2) is 5.69 Å². The van der Waals surface area contributed by atoms with Crippen LogP contribution in [0.25, 0.3) is 10.9 Å². The zero-order valence-corrected chi connectivity index (χ0v) is 14.3. The first-order valence-electron chi connectivity index (χ1n) is 8.01. The van der Waals surface area contributed by atoms with E-state index in [9.17, 15) is 4.79 Å². The molecule has 24 heavy (non-hydrogen) atoms. The molecule has 6 nitrogen and oxygen atoms in total. The zero-order chi connectivity index (χ0) is 16.8. The third kappa shape index (κ3) is 2.21. The fourth-order valence-corrected chi connectivity index (χ4v) is 3.90. The summed E-state index contributed by atoms with van der Waals surface area (Å²) in [6.45, 7) is 2.64. The molecule has 3 aromatic rings. The number of aryl methyl sites for hydroxylation is 2. The first-order chi connectivity index (χ1) is 11.6. The Labute approximate surface area is 144 Å². The van der Waals surface area contributed by atoms with Crippen LogP contribution in [-0.2, 0) is 7.05 Å². The number of para-hydroxylation sites is 1. The van der Waals surface area contributed by atoms with Crippen LogP contribution in [0.15, 0.2) is 24.3 Å². The molecule has 1 atom stereocenters. The standard InChI is InChI=1S/C17H18ClN5O/c1-10-14(16(18)22(2)21-10)13-8-5-9-23(13)17(24)15-11-6-3-4-7-12(11)19-20-15/h3-4,6-7,13H,5,8-9H2,1-2H3,(H,19,20)/t13-/m1/s1. The molecule has 1 aromatic carbocycles. The van der Waals surface area contributed by atoms with Crippen molar-refractivity contribution in [2.24, 2.45) is 7.05 Å². The summed E-state index contributed by atoms with van der Waals surface area (Å²) < 4.78 is 1.66. The van der Waals surface area contributed by atoms with Gasteiger partial charge in [0.05, 0.1) is 17.3 Å². The Morgan fingerprint density at radius 1 is 1.38 bits per heavy atom. The summed E-state index contributed by atoms with van der Waals surface area (Å²) in [6.07, 6.45) is 1.84. The summed E-state index contributed by atoms with van der Waals surface area (Å²) >= 11 is 6.42. The largest absolute Gasteiger partial charge is 0.330 e. The summed E-state index contributed by atoms with van der Waals surface area (Å²) in [6, 6.07) is 7.63. The smallest absolute Gasteiger partial charge is 0.275 e. The van der Waals surface area contributed by atoms with Gasteiger partial charge in [-0.25, -0.2) is 0 Å². The highest BCUT2D eigenvalue weighted by Crippen LogP contribution is 2.38. The van der Waals surface area contributed by atoms with Crippen LogP contribution in [0.2, 0.25) is 5.15 Å². The fraction of sp³-hybridized carbons (Fsp3) is 0.353. The van der Waals surface area contributed by atoms with Crippen LogP contribution in [0.5, 0.6) is 0 Å². The molecule has 0 radical (unpaired) electrons. The number of nitrogens with zero attached hydrogens (tertiary/aromatic N) is 4. The van der Waals surface area contributed by atoms with Crippen molar-refractivity contribution in [2.75, 3.05) is 6.54 Å². The lowest BCUT2D eigenvalue weighted by Crippen LogP contribution is -2.31. The fourth-order valence-electron chi connectivity index (χ4n) is 3.60. The average molecular weight is 344 g/mol. The van der Waals surface area contributed by atoms with Crippen molar-refractivity contribution in [1.82, 2.24) is 24.9 Å². The molecule has 2 aromatic heterocycles. The van der Waals surface area contributed by atoms with Gasteiger partial charge in [-0.15, -0.1) is 0 Å². The summed E-state index contributed by atoms with van der Waals surface area (Å²) in [5, 5.41) is 13.0. The molecule has 0 saturated carbocycles. The average Bonchev–Trinajstić information content (AvgIpc) is 3.26. The monoisotopic (exact) mass is 343 g/mol. The molecule has 1 aliphatic rings. The number of H-pyrrole nitrogens is 1. The summed E-state index contributed by atoms with van der Waals surface area (Å²) in [5.74, 6) is -0.0609. The van der Waals surface area contributed by atoms with Crippen molar-refractivity contribution >= 4 is 28.4 Å². The second kappa shape index (κ2) is 5.63. The summed E-state index contributed by atoms with van der Waals surface area (Å²) in [4.78, 5) is 15.0. The number of benzene rings is 1. The van der Waals surface area contributed by atoms with Gasteiger partial charge in [0, 0.05) is 24.5 Å². The zero-order valence-electron chi connectivity index (χ0n) is 13.6. The molecule has 124 valence electrons. The van der Waals surface area contributed by atoms with E-state index in [0.717, 1.165) is 35.0 Å². The highest BCUT2D eigenvalue weighted by Gasteiger charge is 2.35. The number of halogens is 1. The van der Waals surface area contributed by atoms with Crippen molar-refractivity contribution in [2.45, 2.75) is 25.8 Å². The van der Waals surface area contributed by atoms with Gasteiger partial charge >= 0.3 is 0 Å². The van der Waals surface area contributed by atoms with Gasteiger partial charge in [0.25, 0.3) is 5.91 Å². The van der Waals surface area contributed by atoms with E-state index < -0.39 is 0 Å². The first-order valence-corrected chi connectivity index (χ1v) is 8.39. The predicted molar refractivity (Wildman–Crippen MR) is 92.1 cm³/mol. The normalized spacial score (nSPS) is 17.8. The van der Waals surface area contributed by atoms with Crippen LogP contribution >= 0.6 is 11.6 Å². The number of aromatic nitrogens is 4. The van der Waals surface area contributed by atoms with Gasteiger partial charge in [0.2, 0.25) is 0 Å². The lowest BCUT2D eigenvalue weighted by atomic mass is 10.1. The Kier molecular flexibility index (Phi) is 3.57. The second-order valence-electron chi connectivity index (χ2n) is 6.19. The van der Waals surface area contributed by atoms with E-state index in [1.54, 1.807) is 4.68 Å². The molecular weight excluding hydrogens is 326 g/mol. The molecule has 0 bridgehead atoms. The van der Waals surface area contributed by atoms with Crippen molar-refractivity contribution in [1.29, 1.82) is 0 Å². The number of carbonyl (C=O) groups is 1. The quantitative estimate of drug-likeness (QED) is 0.776. The van der Waals surface area contributed by atoms with Crippen molar-refractivity contribution < 1.29 is 4.79 Å². The van der Waals surface area contributed by atoms with E-state index in [-0.39, 0.29) is 11.9 Å². The number of hydrogen-bond acceptors (Lipinski definition) is 3. The number of aromatic amines is 1. The van der Waals surface area contributed by atoms with E-state index in [1.165, 1.54) is 0 Å². The molecule has 1 aliphatic heterocycles. The van der Waals surface area contributed by atoms with E-state index in [0.29, 0.717) is 17.4 Å². The molecule has 1 amide bonds. The maximum Gasteiger partial charge on any atom is 0.275 e. The Morgan fingerprint density at radius 3 is 2.92 bits per heavy atom. The van der Waals surface area contributed by atoms with Crippen molar-refractivity contribution in [3.8, 4) is 0 Å². The molecule has 0 spiro atoms. The molecule has 0 unspecified atom stereocenters. The third-order valence-corrected chi connectivity index (χ3v) is 5.16. The van der Waals surface area contributed by atoms with Gasteiger partial charge in [0.1, 0.15) is 5.15 Å². The number of hydrogen-bond donors (Lipinski definition) is 1. The van der Waals surface area contributed by atoms with Crippen LogP contribution in [-0.4, -0.2) is 37.3 Å². The number of carbonyl (C=O) groups excluding carboxylic acids is 1. The van der Waals surface area contributed by atoms with Gasteiger partial charge in [-0.3, -0.25) is 14.6 Å². The predicted octanol–water partition coefficient (Wildman–Crippen LogP) is 3.24. The Bertz CT molecular complexity index is 928. The van der Waals surface area contributed by atoms with Crippen LogP contribution in [0.3, 0.4) is 0 Å². The molecule has 0 aliphatic carbocycles. The molecule has 3 heterocycles. The van der Waals surface area contributed by atoms with Crippen molar-refractivity contribution in [3.63, 3.8) is 0 Å². The number of rotatable bonds is 2. The highest BCUT2D eigenvalue weighted by atomic mass is 35.5. The van der Waals surface area contributed by atoms with Gasteiger partial charge < -0.3 is 4.90 Å². The SMILES string of the molecule is Cc1nn(C)c(Cl)c1[C@H]1CCCN1C(=O)c1n[nH]c2ccccc12. The van der Waals surface area contributed by atoms with Gasteiger partial charge in [-0.05, 0) is 25.8 Å². The first kappa shape index (κ1) is 15.2. The molecule has 7 heteroatoms. The Morgan fingerprint density at radius 2 is 2.17 bits per heavy atom. The van der Waals surface area contributed by atoms with Crippen LogP contribution in [0.4, 0.5) is 0 Å². The molecule has 1 saturated heterocycles. The molecular formula is C17H18ClN5O. The van der Waals surface area contributed by atoms with E-state index in [2.05, 4.69) is 15.3 Å². The minimum absolute atomic E-state index is 0.0471. The number of likely N-dealkylation sites (tertiary alicyclic amines) is 1. The lowest BCUT2D eigenvalue weighted by molar-refractivity contribution is 0.0731. The number of nitrogens with one attached hydrogen (secondary N) is 1. The van der Waals surface area contributed by atoms with Gasteiger partial charge in [-0.2, -0.15) is 10.2 Å². The van der Waals surface area contributed by atoms with Crippen LogP contribution in [0.1, 0.15) is 40.6 Å². The molecule has 1 fully saturated rings. The highest BCUT2D eigenvalue weighted by molar-refractivity contribution is 6.30. The minimum Gasteiger partial charge on any atom is -0.330 e. The Hall–Kier alpha value is -2.34. The maximum atomic E-state index is 13.1. The van der Waals surface area contributed by atoms with E-state index in [4.69, 9.17) is 11.6 Å². The number of fused-ring (bicyclic) bond motifs is 1. The second-order valence-corrected chi connectivity index (χ2v) is 6.55. The van der Waals surface area contributed by atoms with Crippen LogP contribution in [0, 0.1) is 6.92 Å². The summed E-state index contributed by atoms with van der Waals surface area (Å²) in [7, 11) is 1.82. The minimum atomic E-state index is -0.0609. The van der Waals surface area contributed by atoms with E-state index >= 15 is 0 Å². The molecule has 1 N–H and O–H groups in total. The van der Waals surface area contributed by atoms with Crippen molar-refractivity contribution in [3.05, 3.63) is 46.4 Å². The topological polar surface area (TPSA) is 66.8 Å². The lowest BCUT2D eigenvalue weighted by Gasteiger charge is -2.24. The summed E-state index contributed by atoms with van der Waals surface area (Å²) in [5.41, 5.74) is 3.16. The maximum absolute atomic E-state index is 13.1. The van der Waals surface area contributed by atoms with E-state index in [1.807, 2.05) is 43.1 Å². The molecule has 4 rings (SSSR count). The third-order valence-electron chi connectivity index (χ3n) is 4.72. The Balaban J connectivity index is 1.74. The van der Waals surface area contributed by atoms with Crippen LogP contribution < -0.4 is 0 Å². The van der Waals surface area contributed by atoms with Gasteiger partial charge in [-0.1, -0.05) is 29.8 Å². The number of amides is 1.